The average Bonchev–Trinajstić information content (AvgIpc) is 2.69. The molecule has 0 bridgehead atoms. The molecule has 5 nitrogen and oxygen atoms in total. The molecule has 0 atom stereocenters. The van der Waals surface area contributed by atoms with Crippen LogP contribution in [0.5, 0.6) is 0 Å². The van der Waals surface area contributed by atoms with Gasteiger partial charge in [0.05, 0.1) is 4.92 Å². The Labute approximate surface area is 90.0 Å². The zero-order valence-electron chi connectivity index (χ0n) is 7.42. The molecule has 1 aliphatic rings. The first-order valence-electron chi connectivity index (χ1n) is 4.08. The zero-order valence-corrected chi connectivity index (χ0v) is 8.18. The van der Waals surface area contributed by atoms with Gasteiger partial charge in [-0.3, -0.25) is 10.1 Å². The van der Waals surface area contributed by atoms with Crippen LogP contribution in [-0.2, 0) is 9.47 Å². The molecule has 2 rings (SSSR count). The molecule has 0 spiro atoms. The summed E-state index contributed by atoms with van der Waals surface area (Å²) in [5.74, 6) is 0. The van der Waals surface area contributed by atoms with Crippen molar-refractivity contribution in [2.24, 2.45) is 0 Å². The Morgan fingerprint density at radius 3 is 2.60 bits per heavy atom. The van der Waals surface area contributed by atoms with Gasteiger partial charge in [-0.05, 0) is 12.1 Å². The molecule has 0 aromatic heterocycles. The van der Waals surface area contributed by atoms with Gasteiger partial charge in [0, 0.05) is 11.1 Å². The lowest BCUT2D eigenvalue weighted by molar-refractivity contribution is -0.386. The van der Waals surface area contributed by atoms with E-state index in [0.29, 0.717) is 10.6 Å². The molecule has 0 saturated carbocycles. The zero-order chi connectivity index (χ0) is 10.8. The van der Waals surface area contributed by atoms with Crippen molar-refractivity contribution in [2.75, 3.05) is 0 Å². The third-order valence-corrected chi connectivity index (χ3v) is 2.14. The number of benzene rings is 1. The smallest absolute Gasteiger partial charge is 0.280 e. The van der Waals surface area contributed by atoms with Crippen LogP contribution in [0.2, 0.25) is 5.02 Å². The summed E-state index contributed by atoms with van der Waals surface area (Å²) < 4.78 is 10.0. The highest BCUT2D eigenvalue weighted by molar-refractivity contribution is 6.30. The van der Waals surface area contributed by atoms with Crippen molar-refractivity contribution >= 4 is 17.3 Å². The molecule has 15 heavy (non-hydrogen) atoms. The van der Waals surface area contributed by atoms with E-state index in [9.17, 15) is 10.1 Å². The second-order valence-corrected chi connectivity index (χ2v) is 3.27. The minimum atomic E-state index is -0.788. The Hall–Kier alpha value is -1.75. The maximum atomic E-state index is 10.7. The summed E-state index contributed by atoms with van der Waals surface area (Å²) in [6.45, 7) is 0. The first kappa shape index (κ1) is 9.79. The molecule has 78 valence electrons. The lowest BCUT2D eigenvalue weighted by Crippen LogP contribution is -2.02. The van der Waals surface area contributed by atoms with Gasteiger partial charge in [-0.25, -0.2) is 0 Å². The maximum Gasteiger partial charge on any atom is 0.280 e. The van der Waals surface area contributed by atoms with Crippen LogP contribution >= 0.6 is 11.6 Å². The molecule has 6 heteroatoms. The van der Waals surface area contributed by atoms with Gasteiger partial charge in [0.15, 0.2) is 0 Å². The standard InChI is InChI=1S/C9H6ClNO4/c10-6-1-2-8(11(12)13)7(5-6)9-14-3-4-15-9/h1-5,9H. The Bertz CT molecular complexity index is 424. The van der Waals surface area contributed by atoms with Gasteiger partial charge in [-0.15, -0.1) is 0 Å². The summed E-state index contributed by atoms with van der Waals surface area (Å²) in [4.78, 5) is 10.2. The number of nitro groups is 1. The number of nitro benzene ring substituents is 1. The fraction of sp³-hybridized carbons (Fsp3) is 0.111. The van der Waals surface area contributed by atoms with Crippen LogP contribution < -0.4 is 0 Å². The van der Waals surface area contributed by atoms with E-state index in [4.69, 9.17) is 21.1 Å². The van der Waals surface area contributed by atoms with Crippen molar-refractivity contribution in [3.8, 4) is 0 Å². The largest absolute Gasteiger partial charge is 0.455 e. The van der Waals surface area contributed by atoms with E-state index in [1.165, 1.54) is 30.7 Å². The maximum absolute atomic E-state index is 10.7. The molecule has 0 radical (unpaired) electrons. The Kier molecular flexibility index (Phi) is 2.47. The third-order valence-electron chi connectivity index (χ3n) is 1.90. The molecule has 1 aromatic rings. The predicted molar refractivity (Wildman–Crippen MR) is 52.2 cm³/mol. The fourth-order valence-corrected chi connectivity index (χ4v) is 1.45. The van der Waals surface area contributed by atoms with Crippen LogP contribution in [0.1, 0.15) is 11.9 Å². The number of ether oxygens (including phenoxy) is 2. The summed E-state index contributed by atoms with van der Waals surface area (Å²) >= 11 is 5.75. The normalized spacial score (nSPS) is 14.7. The number of hydrogen-bond acceptors (Lipinski definition) is 4. The highest BCUT2D eigenvalue weighted by Gasteiger charge is 2.25. The second-order valence-electron chi connectivity index (χ2n) is 2.84. The summed E-state index contributed by atoms with van der Waals surface area (Å²) in [5, 5.41) is 11.1. The van der Waals surface area contributed by atoms with Crippen LogP contribution in [0.3, 0.4) is 0 Å². The highest BCUT2D eigenvalue weighted by Crippen LogP contribution is 2.33. The van der Waals surface area contributed by atoms with Gasteiger partial charge in [0.1, 0.15) is 18.1 Å². The number of hydrogen-bond donors (Lipinski definition) is 0. The van der Waals surface area contributed by atoms with Crippen LogP contribution in [0.15, 0.2) is 30.7 Å². The van der Waals surface area contributed by atoms with Gasteiger partial charge in [0.2, 0.25) is 0 Å². The summed E-state index contributed by atoms with van der Waals surface area (Å²) in [6.07, 6.45) is 1.87. The van der Waals surface area contributed by atoms with Gasteiger partial charge in [0.25, 0.3) is 12.0 Å². The third kappa shape index (κ3) is 1.87. The molecule has 0 N–H and O–H groups in total. The molecular formula is C9H6ClNO4. The molecule has 1 heterocycles. The molecule has 0 aliphatic carbocycles. The van der Waals surface area contributed by atoms with Crippen molar-refractivity contribution < 1.29 is 14.4 Å². The van der Waals surface area contributed by atoms with Crippen LogP contribution in [-0.4, -0.2) is 4.92 Å². The Morgan fingerprint density at radius 2 is 2.00 bits per heavy atom. The van der Waals surface area contributed by atoms with Crippen molar-refractivity contribution in [1.82, 2.24) is 0 Å². The summed E-state index contributed by atoms with van der Waals surface area (Å²) in [6, 6.07) is 4.23. The highest BCUT2D eigenvalue weighted by atomic mass is 35.5. The van der Waals surface area contributed by atoms with Crippen molar-refractivity contribution in [1.29, 1.82) is 0 Å². The Morgan fingerprint density at radius 1 is 1.33 bits per heavy atom. The molecule has 1 aromatic carbocycles. The molecule has 0 amide bonds. The van der Waals surface area contributed by atoms with Crippen LogP contribution in [0.4, 0.5) is 5.69 Å². The first-order valence-corrected chi connectivity index (χ1v) is 4.46. The van der Waals surface area contributed by atoms with E-state index in [1.807, 2.05) is 0 Å². The molecule has 0 saturated heterocycles. The molecule has 0 unspecified atom stereocenters. The van der Waals surface area contributed by atoms with E-state index in [2.05, 4.69) is 0 Å². The monoisotopic (exact) mass is 227 g/mol. The first-order chi connectivity index (χ1) is 7.18. The van der Waals surface area contributed by atoms with Crippen LogP contribution in [0.25, 0.3) is 0 Å². The lowest BCUT2D eigenvalue weighted by Gasteiger charge is -2.10. The van der Waals surface area contributed by atoms with Gasteiger partial charge in [-0.1, -0.05) is 11.6 Å². The number of halogens is 1. The van der Waals surface area contributed by atoms with Crippen molar-refractivity contribution in [3.63, 3.8) is 0 Å². The molecule has 0 fully saturated rings. The van der Waals surface area contributed by atoms with E-state index in [1.54, 1.807) is 0 Å². The van der Waals surface area contributed by atoms with Crippen LogP contribution in [0, 0.1) is 10.1 Å². The summed E-state index contributed by atoms with van der Waals surface area (Å²) in [5.41, 5.74) is 0.227. The van der Waals surface area contributed by atoms with Gasteiger partial charge < -0.3 is 9.47 Å². The summed E-state index contributed by atoms with van der Waals surface area (Å²) in [7, 11) is 0. The van der Waals surface area contributed by atoms with Gasteiger partial charge in [-0.2, -0.15) is 0 Å². The topological polar surface area (TPSA) is 61.6 Å². The van der Waals surface area contributed by atoms with E-state index >= 15 is 0 Å². The van der Waals surface area contributed by atoms with E-state index < -0.39 is 11.2 Å². The fourth-order valence-electron chi connectivity index (χ4n) is 1.27. The second kappa shape index (κ2) is 3.78. The van der Waals surface area contributed by atoms with E-state index in [-0.39, 0.29) is 5.69 Å². The average molecular weight is 228 g/mol. The molecular weight excluding hydrogens is 222 g/mol. The number of rotatable bonds is 2. The van der Waals surface area contributed by atoms with Crippen molar-refractivity contribution in [3.05, 3.63) is 51.4 Å². The molecule has 1 aliphatic heterocycles. The predicted octanol–water partition coefficient (Wildman–Crippen LogP) is 2.76. The number of nitrogens with zero attached hydrogens (tertiary/aromatic N) is 1. The SMILES string of the molecule is O=[N+]([O-])c1ccc(Cl)cc1C1OC=CO1. The van der Waals surface area contributed by atoms with Crippen molar-refractivity contribution in [2.45, 2.75) is 6.29 Å². The minimum Gasteiger partial charge on any atom is -0.455 e. The van der Waals surface area contributed by atoms with E-state index in [0.717, 1.165) is 0 Å². The van der Waals surface area contributed by atoms with Gasteiger partial charge >= 0.3 is 0 Å². The lowest BCUT2D eigenvalue weighted by atomic mass is 10.2. The minimum absolute atomic E-state index is 0.0758. The quantitative estimate of drug-likeness (QED) is 0.576. The Balaban J connectivity index is 2.42.